The summed E-state index contributed by atoms with van der Waals surface area (Å²) in [5.41, 5.74) is 6.32. The second kappa shape index (κ2) is 20.9. The van der Waals surface area contributed by atoms with Crippen molar-refractivity contribution in [3.8, 4) is 28.0 Å². The van der Waals surface area contributed by atoms with Crippen LogP contribution in [0.15, 0.2) is 90.5 Å². The fraction of sp³-hybridized carbons (Fsp3) is 0.375. The first kappa shape index (κ1) is 41.6. The Kier molecular flexibility index (Phi) is 15.3. The molecule has 57 heavy (non-hydrogen) atoms. The molecule has 9 heteroatoms. The second-order valence-corrected chi connectivity index (χ2v) is 16.7. The Balaban J connectivity index is 1.29. The Morgan fingerprint density at radius 1 is 0.684 bits per heavy atom. The molecule has 0 atom stereocenters. The van der Waals surface area contributed by atoms with Crippen LogP contribution in [0.1, 0.15) is 103 Å². The number of thiophene rings is 2. The Hall–Kier alpha value is -5.04. The minimum atomic E-state index is -1.21. The van der Waals surface area contributed by atoms with Crippen molar-refractivity contribution in [3.05, 3.63) is 95.4 Å². The number of ether oxygens (including phenoxy) is 2. The summed E-state index contributed by atoms with van der Waals surface area (Å²) in [5, 5.41) is 18.9. The molecule has 0 amide bonds. The van der Waals surface area contributed by atoms with Crippen molar-refractivity contribution < 1.29 is 19.4 Å². The van der Waals surface area contributed by atoms with Crippen molar-refractivity contribution in [2.24, 2.45) is 0 Å². The molecular weight excluding hydrogens is 747 g/mol. The van der Waals surface area contributed by atoms with Gasteiger partial charge in [0.25, 0.3) is 0 Å². The van der Waals surface area contributed by atoms with Crippen LogP contribution in [-0.4, -0.2) is 28.9 Å². The quantitative estimate of drug-likeness (QED) is 0.0394. The highest BCUT2D eigenvalue weighted by molar-refractivity contribution is 7.29. The number of carbonyl (C=O) groups is 1. The largest absolute Gasteiger partial charge is 0.494 e. The van der Waals surface area contributed by atoms with Crippen molar-refractivity contribution in [2.75, 3.05) is 18.1 Å². The first-order chi connectivity index (χ1) is 27.9. The summed E-state index contributed by atoms with van der Waals surface area (Å²) in [6, 6.07) is 31.7. The fourth-order valence-electron chi connectivity index (χ4n) is 7.12. The van der Waals surface area contributed by atoms with E-state index in [0.717, 1.165) is 94.7 Å². The normalized spacial score (nSPS) is 11.6. The molecule has 0 saturated heterocycles. The summed E-state index contributed by atoms with van der Waals surface area (Å²) >= 11 is 3.32. The number of carboxylic acid groups (broad SMARTS) is 1. The molecule has 0 aliphatic rings. The van der Waals surface area contributed by atoms with E-state index in [0.29, 0.717) is 0 Å². The van der Waals surface area contributed by atoms with Crippen LogP contribution in [-0.2, 0) is 11.3 Å². The molecule has 298 valence electrons. The lowest BCUT2D eigenvalue weighted by atomic mass is 10.1. The SMILES string of the molecule is CCCCCCOc1ccc(N(c2ccc(OCCCCCC)cc2)c2ccc(-c3cc4c(s3)c3sc(C=C(C#N)C(=O)O)cc3n4CCCCCC)cc2)cc1. The Bertz CT molecular complexity index is 2200. The van der Waals surface area contributed by atoms with Crippen molar-refractivity contribution in [1.82, 2.24) is 4.57 Å². The van der Waals surface area contributed by atoms with Gasteiger partial charge in [-0.25, -0.2) is 4.79 Å². The molecule has 3 aromatic carbocycles. The standard InChI is InChI=1S/C48H55N3O4S2/c1-4-7-10-13-28-50-43-32-42(31-36(34-49)48(52)53)56-46(43)47-44(50)33-45(57-47)35-16-18-37(19-17-35)51(38-20-24-40(25-21-38)54-29-14-11-8-5-2)39-22-26-41(27-23-39)55-30-15-12-9-6-3/h16-27,31-33H,4-15,28-30H2,1-3H3,(H,52,53). The summed E-state index contributed by atoms with van der Waals surface area (Å²) in [5.74, 6) is 0.556. The van der Waals surface area contributed by atoms with Gasteiger partial charge in [-0.1, -0.05) is 90.7 Å². The third-order valence-corrected chi connectivity index (χ3v) is 12.6. The number of aromatic nitrogens is 1. The number of hydrogen-bond acceptors (Lipinski definition) is 7. The molecule has 0 fully saturated rings. The average Bonchev–Trinajstić information content (AvgIpc) is 3.92. The van der Waals surface area contributed by atoms with E-state index in [9.17, 15) is 15.2 Å². The number of nitrogens with zero attached hydrogens (tertiary/aromatic N) is 3. The number of hydrogen-bond donors (Lipinski definition) is 1. The molecule has 0 aliphatic carbocycles. The van der Waals surface area contributed by atoms with E-state index in [-0.39, 0.29) is 5.57 Å². The molecule has 0 spiro atoms. The van der Waals surface area contributed by atoms with Crippen molar-refractivity contribution in [3.63, 3.8) is 0 Å². The summed E-state index contributed by atoms with van der Waals surface area (Å²) in [6.45, 7) is 9.01. The maximum atomic E-state index is 11.6. The maximum Gasteiger partial charge on any atom is 0.346 e. The van der Waals surface area contributed by atoms with Gasteiger partial charge in [-0.2, -0.15) is 5.26 Å². The number of carboxylic acids is 1. The maximum absolute atomic E-state index is 11.6. The molecule has 6 aromatic rings. The molecule has 3 aromatic heterocycles. The molecule has 1 N–H and O–H groups in total. The predicted octanol–water partition coefficient (Wildman–Crippen LogP) is 14.5. The van der Waals surface area contributed by atoms with Crippen LogP contribution in [0, 0.1) is 11.3 Å². The van der Waals surface area contributed by atoms with Crippen molar-refractivity contribution >= 4 is 72.2 Å². The van der Waals surface area contributed by atoms with E-state index < -0.39 is 5.97 Å². The third kappa shape index (κ3) is 10.7. The predicted molar refractivity (Wildman–Crippen MR) is 240 cm³/mol. The van der Waals surface area contributed by atoms with Crippen LogP contribution in [0.2, 0.25) is 0 Å². The minimum absolute atomic E-state index is 0.255. The number of aliphatic carboxylic acids is 1. The Labute approximate surface area is 345 Å². The van der Waals surface area contributed by atoms with Gasteiger partial charge in [-0.3, -0.25) is 0 Å². The van der Waals surface area contributed by atoms with Gasteiger partial charge in [-0.15, -0.1) is 22.7 Å². The molecule has 0 bridgehead atoms. The van der Waals surface area contributed by atoms with Gasteiger partial charge in [0.1, 0.15) is 23.1 Å². The van der Waals surface area contributed by atoms with E-state index in [2.05, 4.69) is 109 Å². The molecule has 0 unspecified atom stereocenters. The van der Waals surface area contributed by atoms with Gasteiger partial charge in [-0.05, 0) is 104 Å². The highest BCUT2D eigenvalue weighted by Gasteiger charge is 2.20. The zero-order chi connectivity index (χ0) is 40.0. The molecule has 0 saturated carbocycles. The third-order valence-electron chi connectivity index (χ3n) is 10.2. The summed E-state index contributed by atoms with van der Waals surface area (Å²) in [6.07, 6.45) is 15.5. The zero-order valence-corrected chi connectivity index (χ0v) is 35.2. The van der Waals surface area contributed by atoms with E-state index in [1.165, 1.54) is 72.5 Å². The average molecular weight is 802 g/mol. The van der Waals surface area contributed by atoms with E-state index in [1.807, 2.05) is 12.1 Å². The summed E-state index contributed by atoms with van der Waals surface area (Å²) in [7, 11) is 0. The lowest BCUT2D eigenvalue weighted by Crippen LogP contribution is -2.10. The molecule has 6 rings (SSSR count). The van der Waals surface area contributed by atoms with Crippen LogP contribution in [0.25, 0.3) is 36.9 Å². The van der Waals surface area contributed by atoms with Crippen LogP contribution in [0.3, 0.4) is 0 Å². The number of benzene rings is 3. The smallest absolute Gasteiger partial charge is 0.346 e. The van der Waals surface area contributed by atoms with Gasteiger partial charge in [0, 0.05) is 33.4 Å². The van der Waals surface area contributed by atoms with Crippen LogP contribution in [0.5, 0.6) is 11.5 Å². The highest BCUT2D eigenvalue weighted by atomic mass is 32.1. The van der Waals surface area contributed by atoms with E-state index in [4.69, 9.17) is 9.47 Å². The molecule has 7 nitrogen and oxygen atoms in total. The number of aryl methyl sites for hydroxylation is 1. The summed E-state index contributed by atoms with van der Waals surface area (Å²) in [4.78, 5) is 15.8. The van der Waals surface area contributed by atoms with E-state index >= 15 is 0 Å². The zero-order valence-electron chi connectivity index (χ0n) is 33.6. The van der Waals surface area contributed by atoms with Crippen LogP contribution < -0.4 is 14.4 Å². The molecule has 0 radical (unpaired) electrons. The number of fused-ring (bicyclic) bond motifs is 3. The molecule has 3 heterocycles. The first-order valence-corrected chi connectivity index (χ1v) is 22.3. The number of unbranched alkanes of at least 4 members (excludes halogenated alkanes) is 9. The van der Waals surface area contributed by atoms with Crippen molar-refractivity contribution in [1.29, 1.82) is 5.26 Å². The second-order valence-electron chi connectivity index (χ2n) is 14.6. The lowest BCUT2D eigenvalue weighted by molar-refractivity contribution is -0.132. The monoisotopic (exact) mass is 801 g/mol. The topological polar surface area (TPSA) is 87.7 Å². The van der Waals surface area contributed by atoms with Crippen LogP contribution in [0.4, 0.5) is 17.1 Å². The number of rotatable bonds is 23. The molecular formula is C48H55N3O4S2. The van der Waals surface area contributed by atoms with Crippen molar-refractivity contribution in [2.45, 2.75) is 104 Å². The Morgan fingerprint density at radius 2 is 1.18 bits per heavy atom. The fourth-order valence-corrected chi connectivity index (χ4v) is 9.53. The van der Waals surface area contributed by atoms with Gasteiger partial charge >= 0.3 is 5.97 Å². The highest BCUT2D eigenvalue weighted by Crippen LogP contribution is 2.45. The van der Waals surface area contributed by atoms with Gasteiger partial charge < -0.3 is 24.0 Å². The first-order valence-electron chi connectivity index (χ1n) is 20.7. The number of anilines is 3. The number of nitriles is 1. The minimum Gasteiger partial charge on any atom is -0.494 e. The molecule has 0 aliphatic heterocycles. The van der Waals surface area contributed by atoms with E-state index in [1.54, 1.807) is 22.7 Å². The van der Waals surface area contributed by atoms with Gasteiger partial charge in [0.15, 0.2) is 0 Å². The lowest BCUT2D eigenvalue weighted by Gasteiger charge is -2.26. The van der Waals surface area contributed by atoms with Crippen LogP contribution >= 0.6 is 22.7 Å². The van der Waals surface area contributed by atoms with Gasteiger partial charge in [0.2, 0.25) is 0 Å². The van der Waals surface area contributed by atoms with Gasteiger partial charge in [0.05, 0.1) is 33.6 Å². The summed E-state index contributed by atoms with van der Waals surface area (Å²) < 4.78 is 16.9. The Morgan fingerprint density at radius 3 is 1.68 bits per heavy atom.